The van der Waals surface area contributed by atoms with E-state index >= 15 is 0 Å². The van der Waals surface area contributed by atoms with E-state index in [0.29, 0.717) is 12.2 Å². The topological polar surface area (TPSA) is 84.7 Å². The highest BCUT2D eigenvalue weighted by Crippen LogP contribution is 2.25. The summed E-state index contributed by atoms with van der Waals surface area (Å²) in [4.78, 5) is 24.2. The summed E-state index contributed by atoms with van der Waals surface area (Å²) >= 11 is 0. The molecule has 0 atom stereocenters. The van der Waals surface area contributed by atoms with Crippen LogP contribution in [0.2, 0.25) is 0 Å². The molecule has 126 valence electrons. The Labute approximate surface area is 140 Å². The molecule has 2 aromatic rings. The standard InChI is InChI=1S/C17H19N3O4/c1-19(2)15-7-5-4-6-12(15)11-18-13-8-9-16(20(22)23)14(10-13)17(21)24-3/h4-10,18H,11H2,1-3H3. The van der Waals surface area contributed by atoms with Crippen LogP contribution in [-0.2, 0) is 11.3 Å². The molecule has 0 amide bonds. The molecule has 0 radical (unpaired) electrons. The molecule has 0 unspecified atom stereocenters. The summed E-state index contributed by atoms with van der Waals surface area (Å²) in [6.07, 6.45) is 0. The van der Waals surface area contributed by atoms with E-state index in [-0.39, 0.29) is 11.3 Å². The van der Waals surface area contributed by atoms with Gasteiger partial charge in [-0.2, -0.15) is 0 Å². The molecule has 24 heavy (non-hydrogen) atoms. The predicted molar refractivity (Wildman–Crippen MR) is 92.5 cm³/mol. The van der Waals surface area contributed by atoms with Gasteiger partial charge in [0, 0.05) is 38.1 Å². The number of anilines is 2. The average molecular weight is 329 g/mol. The molecule has 0 heterocycles. The highest BCUT2D eigenvalue weighted by molar-refractivity contribution is 5.95. The SMILES string of the molecule is COC(=O)c1cc(NCc2ccccc2N(C)C)ccc1[N+](=O)[O-]. The maximum Gasteiger partial charge on any atom is 0.344 e. The maximum atomic E-state index is 11.7. The van der Waals surface area contributed by atoms with Gasteiger partial charge in [-0.1, -0.05) is 18.2 Å². The Morgan fingerprint density at radius 3 is 2.58 bits per heavy atom. The Balaban J connectivity index is 2.25. The first kappa shape index (κ1) is 17.3. The van der Waals surface area contributed by atoms with Crippen LogP contribution in [0, 0.1) is 10.1 Å². The zero-order valence-corrected chi connectivity index (χ0v) is 13.8. The zero-order chi connectivity index (χ0) is 17.7. The Morgan fingerprint density at radius 2 is 1.96 bits per heavy atom. The van der Waals surface area contributed by atoms with Crippen molar-refractivity contribution < 1.29 is 14.5 Å². The van der Waals surface area contributed by atoms with Gasteiger partial charge in [-0.25, -0.2) is 4.79 Å². The minimum Gasteiger partial charge on any atom is -0.465 e. The van der Waals surface area contributed by atoms with Gasteiger partial charge in [0.15, 0.2) is 0 Å². The fraction of sp³-hybridized carbons (Fsp3) is 0.235. The summed E-state index contributed by atoms with van der Waals surface area (Å²) < 4.78 is 4.62. The normalized spacial score (nSPS) is 10.1. The van der Waals surface area contributed by atoms with Crippen molar-refractivity contribution in [2.24, 2.45) is 0 Å². The predicted octanol–water partition coefficient (Wildman–Crippen LogP) is 3.06. The second-order valence-electron chi connectivity index (χ2n) is 5.36. The number of nitro groups is 1. The number of carbonyl (C=O) groups is 1. The van der Waals surface area contributed by atoms with Crippen molar-refractivity contribution in [1.29, 1.82) is 0 Å². The molecule has 0 aliphatic rings. The van der Waals surface area contributed by atoms with Crippen LogP contribution >= 0.6 is 0 Å². The number of esters is 1. The van der Waals surface area contributed by atoms with E-state index in [1.165, 1.54) is 19.2 Å². The van der Waals surface area contributed by atoms with E-state index in [2.05, 4.69) is 10.1 Å². The van der Waals surface area contributed by atoms with Gasteiger partial charge >= 0.3 is 5.97 Å². The lowest BCUT2D eigenvalue weighted by molar-refractivity contribution is -0.385. The molecule has 0 aliphatic heterocycles. The number of nitrogens with one attached hydrogen (secondary N) is 1. The Hall–Kier alpha value is -3.09. The van der Waals surface area contributed by atoms with Gasteiger partial charge in [0.25, 0.3) is 5.69 Å². The lowest BCUT2D eigenvalue weighted by Gasteiger charge is -2.18. The molecular weight excluding hydrogens is 310 g/mol. The number of ether oxygens (including phenoxy) is 1. The van der Waals surface area contributed by atoms with Gasteiger partial charge in [-0.15, -0.1) is 0 Å². The number of methoxy groups -OCH3 is 1. The van der Waals surface area contributed by atoms with E-state index in [9.17, 15) is 14.9 Å². The van der Waals surface area contributed by atoms with Crippen LogP contribution in [0.4, 0.5) is 17.1 Å². The van der Waals surface area contributed by atoms with Crippen LogP contribution in [0.15, 0.2) is 42.5 Å². The van der Waals surface area contributed by atoms with Gasteiger partial charge in [0.2, 0.25) is 0 Å². The van der Waals surface area contributed by atoms with Gasteiger partial charge in [0.1, 0.15) is 5.56 Å². The first-order valence-corrected chi connectivity index (χ1v) is 7.30. The fourth-order valence-electron chi connectivity index (χ4n) is 2.37. The Morgan fingerprint density at radius 1 is 1.25 bits per heavy atom. The van der Waals surface area contributed by atoms with Crippen LogP contribution in [0.25, 0.3) is 0 Å². The van der Waals surface area contributed by atoms with Crippen LogP contribution in [0.5, 0.6) is 0 Å². The number of carbonyl (C=O) groups excluding carboxylic acids is 1. The molecule has 0 saturated heterocycles. The number of para-hydroxylation sites is 1. The lowest BCUT2D eigenvalue weighted by Crippen LogP contribution is -2.13. The van der Waals surface area contributed by atoms with Crippen molar-refractivity contribution in [2.45, 2.75) is 6.54 Å². The second-order valence-corrected chi connectivity index (χ2v) is 5.36. The number of hydrogen-bond acceptors (Lipinski definition) is 6. The van der Waals surface area contributed by atoms with Crippen molar-refractivity contribution in [3.05, 3.63) is 63.7 Å². The third kappa shape index (κ3) is 3.81. The molecule has 2 aromatic carbocycles. The molecule has 0 fully saturated rings. The smallest absolute Gasteiger partial charge is 0.344 e. The van der Waals surface area contributed by atoms with Crippen LogP contribution in [-0.4, -0.2) is 32.1 Å². The molecule has 0 spiro atoms. The van der Waals surface area contributed by atoms with E-state index in [4.69, 9.17) is 0 Å². The summed E-state index contributed by atoms with van der Waals surface area (Å²) in [5.74, 6) is -0.737. The Kier molecular flexibility index (Phi) is 5.36. The molecular formula is C17H19N3O4. The first-order chi connectivity index (χ1) is 11.4. The summed E-state index contributed by atoms with van der Waals surface area (Å²) in [6, 6.07) is 12.2. The molecule has 7 heteroatoms. The largest absolute Gasteiger partial charge is 0.465 e. The number of rotatable bonds is 6. The molecule has 0 aromatic heterocycles. The highest BCUT2D eigenvalue weighted by Gasteiger charge is 2.21. The third-order valence-corrected chi connectivity index (χ3v) is 3.55. The summed E-state index contributed by atoms with van der Waals surface area (Å²) in [6.45, 7) is 0.521. The minimum absolute atomic E-state index is 0.0756. The number of nitrogens with zero attached hydrogens (tertiary/aromatic N) is 2. The van der Waals surface area contributed by atoms with Gasteiger partial charge in [0.05, 0.1) is 12.0 Å². The summed E-state index contributed by atoms with van der Waals surface area (Å²) in [5.41, 5.74) is 2.39. The average Bonchev–Trinajstić information content (AvgIpc) is 2.59. The van der Waals surface area contributed by atoms with E-state index < -0.39 is 10.9 Å². The number of benzene rings is 2. The van der Waals surface area contributed by atoms with Crippen LogP contribution in [0.1, 0.15) is 15.9 Å². The Bertz CT molecular complexity index is 759. The number of nitro benzene ring substituents is 1. The third-order valence-electron chi connectivity index (χ3n) is 3.55. The second kappa shape index (κ2) is 7.45. The summed E-state index contributed by atoms with van der Waals surface area (Å²) in [5, 5.41) is 14.2. The highest BCUT2D eigenvalue weighted by atomic mass is 16.6. The molecule has 2 rings (SSSR count). The van der Waals surface area contributed by atoms with E-state index in [0.717, 1.165) is 11.3 Å². The van der Waals surface area contributed by atoms with E-state index in [1.54, 1.807) is 6.07 Å². The first-order valence-electron chi connectivity index (χ1n) is 7.30. The molecule has 0 aliphatic carbocycles. The van der Waals surface area contributed by atoms with Gasteiger partial charge < -0.3 is 15.0 Å². The molecule has 1 N–H and O–H groups in total. The van der Waals surface area contributed by atoms with Crippen molar-refractivity contribution in [2.75, 3.05) is 31.4 Å². The number of hydrogen-bond donors (Lipinski definition) is 1. The lowest BCUT2D eigenvalue weighted by atomic mass is 10.1. The van der Waals surface area contributed by atoms with Gasteiger partial charge in [-0.3, -0.25) is 10.1 Å². The minimum atomic E-state index is -0.737. The quantitative estimate of drug-likeness (QED) is 0.498. The zero-order valence-electron chi connectivity index (χ0n) is 13.8. The van der Waals surface area contributed by atoms with Crippen LogP contribution in [0.3, 0.4) is 0 Å². The van der Waals surface area contributed by atoms with Crippen molar-refractivity contribution in [3.8, 4) is 0 Å². The fourth-order valence-corrected chi connectivity index (χ4v) is 2.37. The van der Waals surface area contributed by atoms with Crippen LogP contribution < -0.4 is 10.2 Å². The molecule has 0 bridgehead atoms. The van der Waals surface area contributed by atoms with E-state index in [1.807, 2.05) is 43.3 Å². The molecule has 7 nitrogen and oxygen atoms in total. The van der Waals surface area contributed by atoms with Crippen molar-refractivity contribution in [1.82, 2.24) is 0 Å². The van der Waals surface area contributed by atoms with Crippen molar-refractivity contribution >= 4 is 23.0 Å². The van der Waals surface area contributed by atoms with Crippen molar-refractivity contribution in [3.63, 3.8) is 0 Å². The molecule has 0 saturated carbocycles. The summed E-state index contributed by atoms with van der Waals surface area (Å²) in [7, 11) is 5.11. The maximum absolute atomic E-state index is 11.7. The van der Waals surface area contributed by atoms with Gasteiger partial charge in [-0.05, 0) is 23.8 Å². The monoisotopic (exact) mass is 329 g/mol.